The van der Waals surface area contributed by atoms with E-state index in [0.29, 0.717) is 5.56 Å². The lowest BCUT2D eigenvalue weighted by atomic mass is 9.94. The molecular formula is C27H30N6O. The van der Waals surface area contributed by atoms with E-state index in [9.17, 15) is 4.79 Å². The van der Waals surface area contributed by atoms with Crippen molar-refractivity contribution in [3.8, 4) is 0 Å². The Morgan fingerprint density at radius 3 is 2.68 bits per heavy atom. The summed E-state index contributed by atoms with van der Waals surface area (Å²) >= 11 is 0. The minimum Gasteiger partial charge on any atom is -0.357 e. The molecule has 7 nitrogen and oxygen atoms in total. The average Bonchev–Trinajstić information content (AvgIpc) is 3.51. The molecule has 1 aliphatic carbocycles. The van der Waals surface area contributed by atoms with E-state index in [0.717, 1.165) is 59.3 Å². The number of pyridine rings is 1. The molecule has 1 atom stereocenters. The molecule has 0 bridgehead atoms. The Morgan fingerprint density at radius 2 is 1.82 bits per heavy atom. The van der Waals surface area contributed by atoms with E-state index in [1.165, 1.54) is 24.8 Å². The minimum absolute atomic E-state index is 0.0752. The molecule has 2 aromatic heterocycles. The van der Waals surface area contributed by atoms with Crippen molar-refractivity contribution < 1.29 is 0 Å². The lowest BCUT2D eigenvalue weighted by Crippen LogP contribution is -2.35. The molecular weight excluding hydrogens is 424 g/mol. The molecule has 4 aromatic rings. The molecule has 1 aliphatic heterocycles. The van der Waals surface area contributed by atoms with Crippen LogP contribution in [0.3, 0.4) is 0 Å². The second kappa shape index (κ2) is 8.38. The molecule has 7 heteroatoms. The van der Waals surface area contributed by atoms with E-state index in [1.807, 2.05) is 11.6 Å². The monoisotopic (exact) mass is 454 g/mol. The number of fused-ring (bicyclic) bond motifs is 2. The second-order valence-corrected chi connectivity index (χ2v) is 9.79. The summed E-state index contributed by atoms with van der Waals surface area (Å²) in [6, 6.07) is 14.6. The van der Waals surface area contributed by atoms with Gasteiger partial charge in [-0.15, -0.1) is 5.10 Å². The quantitative estimate of drug-likeness (QED) is 0.480. The summed E-state index contributed by atoms with van der Waals surface area (Å²) in [7, 11) is 0. The van der Waals surface area contributed by atoms with E-state index in [2.05, 4.69) is 74.8 Å². The maximum atomic E-state index is 13.6. The van der Waals surface area contributed by atoms with Gasteiger partial charge in [0.05, 0.1) is 11.6 Å². The van der Waals surface area contributed by atoms with Crippen molar-refractivity contribution in [2.45, 2.75) is 64.5 Å². The molecule has 2 aromatic carbocycles. The number of nitrogens with one attached hydrogen (secondary N) is 1. The molecule has 1 N–H and O–H groups in total. The summed E-state index contributed by atoms with van der Waals surface area (Å²) in [5, 5.41) is 14.2. The zero-order valence-electron chi connectivity index (χ0n) is 19.8. The normalized spacial score (nSPS) is 17.3. The van der Waals surface area contributed by atoms with Gasteiger partial charge in [0, 0.05) is 23.2 Å². The van der Waals surface area contributed by atoms with Gasteiger partial charge in [-0.3, -0.25) is 4.79 Å². The van der Waals surface area contributed by atoms with Crippen LogP contribution in [0.25, 0.3) is 10.9 Å². The highest BCUT2D eigenvalue weighted by atomic mass is 16.1. The van der Waals surface area contributed by atoms with Gasteiger partial charge in [0.15, 0.2) is 5.82 Å². The fraction of sp³-hybridized carbons (Fsp3) is 0.407. The first kappa shape index (κ1) is 21.1. The van der Waals surface area contributed by atoms with Gasteiger partial charge in [0.25, 0.3) is 5.56 Å². The van der Waals surface area contributed by atoms with E-state index in [-0.39, 0.29) is 17.6 Å². The van der Waals surface area contributed by atoms with E-state index in [4.69, 9.17) is 0 Å². The average molecular weight is 455 g/mol. The number of para-hydroxylation sites is 1. The van der Waals surface area contributed by atoms with Gasteiger partial charge < -0.3 is 9.88 Å². The Kier molecular flexibility index (Phi) is 5.20. The number of hydrogen-bond donors (Lipinski definition) is 1. The molecule has 1 saturated carbocycles. The standard InChI is InChI=1S/C27H30N6O/c1-17-12-13-18(2)24-21(17)16-22(27(34)28-24)25(32-15-14-19-8-6-7-11-23(19)32)26-29-30-31-33(26)20-9-4-3-5-10-20/h6-8,11-13,16,20,25H,3-5,9-10,14-15H2,1-2H3,(H,28,34). The van der Waals surface area contributed by atoms with E-state index < -0.39 is 0 Å². The van der Waals surface area contributed by atoms with Crippen molar-refractivity contribution in [3.05, 3.63) is 80.9 Å². The Bertz CT molecular complexity index is 1410. The lowest BCUT2D eigenvalue weighted by Gasteiger charge is -2.31. The third-order valence-electron chi connectivity index (χ3n) is 7.69. The molecule has 34 heavy (non-hydrogen) atoms. The lowest BCUT2D eigenvalue weighted by molar-refractivity contribution is 0.313. The fourth-order valence-corrected chi connectivity index (χ4v) is 5.84. The summed E-state index contributed by atoms with van der Waals surface area (Å²) in [6.45, 7) is 4.96. The third-order valence-corrected chi connectivity index (χ3v) is 7.69. The van der Waals surface area contributed by atoms with Crippen LogP contribution in [0.5, 0.6) is 0 Å². The van der Waals surface area contributed by atoms with Crippen LogP contribution in [0, 0.1) is 13.8 Å². The van der Waals surface area contributed by atoms with Crippen molar-refractivity contribution in [1.29, 1.82) is 0 Å². The Balaban J connectivity index is 1.57. The van der Waals surface area contributed by atoms with Crippen molar-refractivity contribution >= 4 is 16.6 Å². The van der Waals surface area contributed by atoms with Gasteiger partial charge >= 0.3 is 0 Å². The summed E-state index contributed by atoms with van der Waals surface area (Å²) in [5.41, 5.74) is 6.20. The number of aromatic amines is 1. The number of nitrogens with zero attached hydrogens (tertiary/aromatic N) is 5. The van der Waals surface area contributed by atoms with Crippen LogP contribution in [0.15, 0.2) is 47.3 Å². The van der Waals surface area contributed by atoms with Gasteiger partial charge in [0.1, 0.15) is 6.04 Å². The number of H-pyrrole nitrogens is 1. The molecule has 0 amide bonds. The zero-order valence-corrected chi connectivity index (χ0v) is 19.8. The highest BCUT2D eigenvalue weighted by molar-refractivity contribution is 5.85. The number of rotatable bonds is 4. The largest absolute Gasteiger partial charge is 0.357 e. The number of anilines is 1. The predicted octanol–water partition coefficient (Wildman–Crippen LogP) is 4.79. The van der Waals surface area contributed by atoms with Crippen molar-refractivity contribution in [2.75, 3.05) is 11.4 Å². The Hall–Kier alpha value is -3.48. The number of hydrogen-bond acceptors (Lipinski definition) is 5. The molecule has 1 fully saturated rings. The van der Waals surface area contributed by atoms with Crippen LogP contribution in [0.2, 0.25) is 0 Å². The van der Waals surface area contributed by atoms with E-state index >= 15 is 0 Å². The molecule has 0 saturated heterocycles. The molecule has 6 rings (SSSR count). The molecule has 0 spiro atoms. The molecule has 0 radical (unpaired) electrons. The summed E-state index contributed by atoms with van der Waals surface area (Å²) in [4.78, 5) is 19.1. The van der Waals surface area contributed by atoms with Gasteiger partial charge in [0.2, 0.25) is 0 Å². The first-order chi connectivity index (χ1) is 16.6. The number of benzene rings is 2. The number of aryl methyl sites for hydroxylation is 2. The van der Waals surface area contributed by atoms with Crippen molar-refractivity contribution in [3.63, 3.8) is 0 Å². The van der Waals surface area contributed by atoms with Gasteiger partial charge in [-0.1, -0.05) is 49.6 Å². The van der Waals surface area contributed by atoms with Crippen LogP contribution < -0.4 is 10.5 Å². The maximum absolute atomic E-state index is 13.6. The zero-order chi connectivity index (χ0) is 23.2. The smallest absolute Gasteiger partial charge is 0.254 e. The third kappa shape index (κ3) is 3.42. The molecule has 174 valence electrons. The summed E-state index contributed by atoms with van der Waals surface area (Å²) < 4.78 is 2.01. The summed E-state index contributed by atoms with van der Waals surface area (Å²) in [6.07, 6.45) is 6.75. The Labute approximate surface area is 198 Å². The SMILES string of the molecule is Cc1ccc(C)c2[nH]c(=O)c(C(c3nnnn3C3CCCCC3)N3CCc4ccccc43)cc12. The molecule has 3 heterocycles. The second-order valence-electron chi connectivity index (χ2n) is 9.79. The highest BCUT2D eigenvalue weighted by Gasteiger charge is 2.35. The molecule has 2 aliphatic rings. The van der Waals surface area contributed by atoms with Crippen LogP contribution in [0.4, 0.5) is 5.69 Å². The Morgan fingerprint density at radius 1 is 1.03 bits per heavy atom. The van der Waals surface area contributed by atoms with Gasteiger partial charge in [-0.05, 0) is 72.4 Å². The van der Waals surface area contributed by atoms with Crippen LogP contribution in [-0.4, -0.2) is 31.7 Å². The van der Waals surface area contributed by atoms with Crippen LogP contribution in [-0.2, 0) is 6.42 Å². The van der Waals surface area contributed by atoms with E-state index in [1.54, 1.807) is 0 Å². The highest BCUT2D eigenvalue weighted by Crippen LogP contribution is 2.39. The summed E-state index contributed by atoms with van der Waals surface area (Å²) in [5.74, 6) is 0.763. The van der Waals surface area contributed by atoms with Crippen molar-refractivity contribution in [2.24, 2.45) is 0 Å². The predicted molar refractivity (Wildman–Crippen MR) is 133 cm³/mol. The first-order valence-corrected chi connectivity index (χ1v) is 12.4. The van der Waals surface area contributed by atoms with Crippen LogP contribution in [0.1, 0.15) is 72.3 Å². The minimum atomic E-state index is -0.353. The maximum Gasteiger partial charge on any atom is 0.254 e. The van der Waals surface area contributed by atoms with Crippen molar-refractivity contribution in [1.82, 2.24) is 25.2 Å². The van der Waals surface area contributed by atoms with Crippen LogP contribution >= 0.6 is 0 Å². The van der Waals surface area contributed by atoms with Gasteiger partial charge in [-0.25, -0.2) is 4.68 Å². The van der Waals surface area contributed by atoms with Gasteiger partial charge in [-0.2, -0.15) is 0 Å². The molecule has 1 unspecified atom stereocenters. The number of aromatic nitrogens is 5. The topological polar surface area (TPSA) is 79.7 Å². The number of tetrazole rings is 1. The first-order valence-electron chi connectivity index (χ1n) is 12.4. The fourth-order valence-electron chi connectivity index (χ4n) is 5.84.